The van der Waals surface area contributed by atoms with Crippen LogP contribution in [-0.2, 0) is 23.8 Å². The van der Waals surface area contributed by atoms with Crippen LogP contribution in [0.2, 0.25) is 0 Å². The Hall–Kier alpha value is -2.64. The van der Waals surface area contributed by atoms with Gasteiger partial charge in [-0.15, -0.1) is 0 Å². The van der Waals surface area contributed by atoms with Crippen LogP contribution < -0.4 is 5.32 Å². The molecule has 1 aliphatic heterocycles. The number of hydrogen-bond donors (Lipinski definition) is 6. The third kappa shape index (κ3) is 62.8. The maximum Gasteiger partial charge on any atom is 0.305 e. The van der Waals surface area contributed by atoms with Gasteiger partial charge in [0.25, 0.3) is 0 Å². The lowest BCUT2D eigenvalue weighted by Crippen LogP contribution is -2.60. The maximum atomic E-state index is 13.1. The summed E-state index contributed by atoms with van der Waals surface area (Å²) in [5.74, 6) is -0.176. The van der Waals surface area contributed by atoms with Gasteiger partial charge >= 0.3 is 5.97 Å². The first-order valence-electron chi connectivity index (χ1n) is 42.1. The summed E-state index contributed by atoms with van der Waals surface area (Å²) in [5.41, 5.74) is 0. The van der Waals surface area contributed by atoms with Gasteiger partial charge in [0.15, 0.2) is 6.29 Å². The normalized spacial score (nSPS) is 17.5. The molecule has 0 aromatic rings. The summed E-state index contributed by atoms with van der Waals surface area (Å²) in [5, 5.41) is 54.5. The molecule has 0 bridgehead atoms. The van der Waals surface area contributed by atoms with Crippen molar-refractivity contribution >= 4 is 11.9 Å². The molecule has 7 atom stereocenters. The van der Waals surface area contributed by atoms with E-state index >= 15 is 0 Å². The van der Waals surface area contributed by atoms with E-state index in [0.717, 1.165) is 64.2 Å². The van der Waals surface area contributed by atoms with Gasteiger partial charge in [-0.25, -0.2) is 0 Å². The minimum atomic E-state index is -1.58. The average molecular weight is 1370 g/mol. The first-order chi connectivity index (χ1) is 47.7. The second-order valence-corrected chi connectivity index (χ2v) is 29.2. The summed E-state index contributed by atoms with van der Waals surface area (Å²) in [4.78, 5) is 25.2. The second-order valence-electron chi connectivity index (χ2n) is 29.2. The Kier molecular flexibility index (Phi) is 71.0. The first-order valence-corrected chi connectivity index (χ1v) is 42.1. The molecule has 1 rings (SSSR count). The van der Waals surface area contributed by atoms with Crippen LogP contribution in [0.5, 0.6) is 0 Å². The Morgan fingerprint density at radius 2 is 0.701 bits per heavy atom. The Bertz CT molecular complexity index is 1800. The van der Waals surface area contributed by atoms with Gasteiger partial charge < -0.3 is 45.1 Å². The second kappa shape index (κ2) is 74.5. The summed E-state index contributed by atoms with van der Waals surface area (Å²) < 4.78 is 16.8. The number of esters is 1. The van der Waals surface area contributed by atoms with E-state index in [1.54, 1.807) is 6.08 Å². The van der Waals surface area contributed by atoms with Crippen molar-refractivity contribution in [2.45, 2.75) is 455 Å². The highest BCUT2D eigenvalue weighted by atomic mass is 16.7. The van der Waals surface area contributed by atoms with Crippen LogP contribution in [0.15, 0.2) is 60.8 Å². The zero-order chi connectivity index (χ0) is 70.1. The molecule has 0 spiro atoms. The molecular formula is C86H159NO10. The van der Waals surface area contributed by atoms with Crippen molar-refractivity contribution in [3.05, 3.63) is 60.8 Å². The molecule has 0 radical (unpaired) electrons. The van der Waals surface area contributed by atoms with Crippen LogP contribution in [0.3, 0.4) is 0 Å². The number of rotatable bonds is 75. The Morgan fingerprint density at radius 1 is 0.381 bits per heavy atom. The van der Waals surface area contributed by atoms with Crippen LogP contribution in [-0.4, -0.2) is 100 Å². The predicted molar refractivity (Wildman–Crippen MR) is 412 cm³/mol. The molecule has 0 aromatic heterocycles. The largest absolute Gasteiger partial charge is 0.466 e. The van der Waals surface area contributed by atoms with Crippen molar-refractivity contribution in [2.75, 3.05) is 19.8 Å². The standard InChI is InChI=1S/C86H159NO10/c1-3-5-7-9-11-13-15-17-18-42-46-50-54-58-62-66-70-74-82(91)95-75-71-67-63-59-55-51-47-44-41-39-37-35-33-31-29-27-25-23-21-19-20-22-24-26-28-30-32-34-36-38-40-43-45-49-53-57-61-65-69-73-81(90)87-78(77-96-86-85(94)84(93)83(92)80(76-88)97-86)79(89)72-68-64-60-56-52-48-16-14-12-10-8-6-4-2/h17-20,23,25,52,56,68,72,78-80,83-86,88-89,92-94H,3-16,21-22,24,26-51,53-55,57-67,69-71,73-77H2,1-2H3,(H,87,90)/b18-17-,20-19-,25-23-,56-52+,72-68+. The van der Waals surface area contributed by atoms with Crippen molar-refractivity contribution in [1.82, 2.24) is 5.32 Å². The number of amides is 1. The van der Waals surface area contributed by atoms with Gasteiger partial charge in [-0.05, 0) is 103 Å². The van der Waals surface area contributed by atoms with Gasteiger partial charge in [-0.3, -0.25) is 9.59 Å². The van der Waals surface area contributed by atoms with Crippen LogP contribution in [0.1, 0.15) is 412 Å². The smallest absolute Gasteiger partial charge is 0.305 e. The Morgan fingerprint density at radius 3 is 1.08 bits per heavy atom. The number of aliphatic hydroxyl groups excluding tert-OH is 5. The van der Waals surface area contributed by atoms with Crippen molar-refractivity contribution in [3.8, 4) is 0 Å². The van der Waals surface area contributed by atoms with Crippen LogP contribution >= 0.6 is 0 Å². The van der Waals surface area contributed by atoms with E-state index in [1.165, 1.54) is 321 Å². The van der Waals surface area contributed by atoms with Gasteiger partial charge in [-0.2, -0.15) is 0 Å². The van der Waals surface area contributed by atoms with Crippen LogP contribution in [0.25, 0.3) is 0 Å². The maximum absolute atomic E-state index is 13.1. The van der Waals surface area contributed by atoms with E-state index in [1.807, 2.05) is 6.08 Å². The van der Waals surface area contributed by atoms with Crippen molar-refractivity contribution < 1.29 is 49.3 Å². The number of ether oxygens (including phenoxy) is 3. The van der Waals surface area contributed by atoms with E-state index in [0.29, 0.717) is 19.4 Å². The first kappa shape index (κ1) is 92.4. The fourth-order valence-corrected chi connectivity index (χ4v) is 13.2. The van der Waals surface area contributed by atoms with Gasteiger partial charge in [0.1, 0.15) is 24.4 Å². The quantitative estimate of drug-likeness (QED) is 0.0195. The Balaban J connectivity index is 1.89. The average Bonchev–Trinajstić information content (AvgIpc) is 0.877. The van der Waals surface area contributed by atoms with E-state index in [2.05, 4.69) is 67.8 Å². The van der Waals surface area contributed by atoms with E-state index < -0.39 is 49.5 Å². The number of allylic oxidation sites excluding steroid dienone is 9. The van der Waals surface area contributed by atoms with Gasteiger partial charge in [0.05, 0.1) is 32.0 Å². The molecule has 1 aliphatic rings. The van der Waals surface area contributed by atoms with E-state index in [-0.39, 0.29) is 18.5 Å². The third-order valence-corrected chi connectivity index (χ3v) is 19.8. The fraction of sp³-hybridized carbons (Fsp3) is 0.860. The fourth-order valence-electron chi connectivity index (χ4n) is 13.2. The summed E-state index contributed by atoms with van der Waals surface area (Å²) in [7, 11) is 0. The van der Waals surface area contributed by atoms with Gasteiger partial charge in [0, 0.05) is 12.8 Å². The minimum absolute atomic E-state index is 0.0115. The van der Waals surface area contributed by atoms with Gasteiger partial charge in [0.2, 0.25) is 5.91 Å². The number of carbonyl (C=O) groups is 2. The highest BCUT2D eigenvalue weighted by Gasteiger charge is 2.44. The predicted octanol–water partition coefficient (Wildman–Crippen LogP) is 23.2. The molecule has 11 heteroatoms. The molecule has 11 nitrogen and oxygen atoms in total. The molecule has 97 heavy (non-hydrogen) atoms. The summed E-state index contributed by atoms with van der Waals surface area (Å²) in [6, 6.07) is -0.826. The Labute approximate surface area is 598 Å². The molecule has 1 saturated heterocycles. The number of nitrogens with one attached hydrogen (secondary N) is 1. The highest BCUT2D eigenvalue weighted by molar-refractivity contribution is 5.76. The van der Waals surface area contributed by atoms with Gasteiger partial charge in [-0.1, -0.05) is 357 Å². The molecule has 1 fully saturated rings. The third-order valence-electron chi connectivity index (χ3n) is 19.8. The molecule has 0 saturated carbocycles. The number of hydrogen-bond acceptors (Lipinski definition) is 10. The molecule has 568 valence electrons. The minimum Gasteiger partial charge on any atom is -0.466 e. The summed E-state index contributed by atoms with van der Waals surface area (Å²) >= 11 is 0. The zero-order valence-corrected chi connectivity index (χ0v) is 63.6. The molecule has 1 heterocycles. The lowest BCUT2D eigenvalue weighted by atomic mass is 9.99. The SMILES string of the molecule is CCCCCCCC/C=C\CCCCCCCCCC(=O)OCCCCCCCCCCCCCCCCC/C=C\C/C=C\CCCCCCCCCCCCCCCCCCCC(=O)NC(COC1OC(CO)C(O)C(O)C1O)C(O)/C=C/CC/C=C/CCCCCCCCC. The van der Waals surface area contributed by atoms with Crippen LogP contribution in [0.4, 0.5) is 0 Å². The topological polar surface area (TPSA) is 175 Å². The molecule has 0 aromatic carbocycles. The van der Waals surface area contributed by atoms with Crippen molar-refractivity contribution in [2.24, 2.45) is 0 Å². The molecule has 6 N–H and O–H groups in total. The summed E-state index contributed by atoms with van der Waals surface area (Å²) in [6.07, 6.45) is 91.3. The molecule has 0 aliphatic carbocycles. The molecule has 1 amide bonds. The monoisotopic (exact) mass is 1370 g/mol. The number of aliphatic hydroxyl groups is 5. The molecular weight excluding hydrogens is 1210 g/mol. The number of unbranched alkanes of at least 4 members (excludes halogenated alkanes) is 53. The lowest BCUT2D eigenvalue weighted by molar-refractivity contribution is -0.302. The number of carbonyl (C=O) groups excluding carboxylic acids is 2. The van der Waals surface area contributed by atoms with E-state index in [4.69, 9.17) is 14.2 Å². The highest BCUT2D eigenvalue weighted by Crippen LogP contribution is 2.24. The summed E-state index contributed by atoms with van der Waals surface area (Å²) in [6.45, 7) is 4.36. The van der Waals surface area contributed by atoms with E-state index in [9.17, 15) is 35.1 Å². The molecule has 7 unspecified atom stereocenters. The zero-order valence-electron chi connectivity index (χ0n) is 63.6. The van der Waals surface area contributed by atoms with Crippen LogP contribution in [0, 0.1) is 0 Å². The van der Waals surface area contributed by atoms with Crippen molar-refractivity contribution in [1.29, 1.82) is 0 Å². The lowest BCUT2D eigenvalue weighted by Gasteiger charge is -2.40. The van der Waals surface area contributed by atoms with Crippen molar-refractivity contribution in [3.63, 3.8) is 0 Å².